The second-order valence-electron chi connectivity index (χ2n) is 4.25. The van der Waals surface area contributed by atoms with Gasteiger partial charge in [0, 0.05) is 39.0 Å². The van der Waals surface area contributed by atoms with Gasteiger partial charge in [-0.1, -0.05) is 0 Å². The highest BCUT2D eigenvalue weighted by molar-refractivity contribution is 5.53. The topological polar surface area (TPSA) is 44.7 Å². The second-order valence-corrected chi connectivity index (χ2v) is 4.25. The van der Waals surface area contributed by atoms with E-state index in [2.05, 4.69) is 5.32 Å². The zero-order valence-corrected chi connectivity index (χ0v) is 11.7. The van der Waals surface area contributed by atoms with E-state index < -0.39 is 0 Å². The number of nitrogens with zero attached hydrogens (tertiary/aromatic N) is 1. The number of likely N-dealkylation sites (N-methyl/N-ethyl adjacent to an activating group) is 1. The molecule has 1 rings (SSSR count). The third-order valence-corrected chi connectivity index (χ3v) is 2.93. The lowest BCUT2D eigenvalue weighted by Crippen LogP contribution is -2.28. The molecule has 2 N–H and O–H groups in total. The first kappa shape index (κ1) is 15.9. The number of methoxy groups -OCH3 is 1. The van der Waals surface area contributed by atoms with Crippen molar-refractivity contribution in [2.75, 3.05) is 44.9 Å². The third-order valence-electron chi connectivity index (χ3n) is 2.93. The maximum absolute atomic E-state index is 13.4. The van der Waals surface area contributed by atoms with E-state index in [0.717, 1.165) is 24.3 Å². The number of halogens is 1. The van der Waals surface area contributed by atoms with Crippen molar-refractivity contribution in [1.29, 1.82) is 0 Å². The van der Waals surface area contributed by atoms with Gasteiger partial charge in [-0.3, -0.25) is 0 Å². The van der Waals surface area contributed by atoms with Crippen molar-refractivity contribution < 1.29 is 14.2 Å². The number of hydrogen-bond donors (Lipinski definition) is 2. The van der Waals surface area contributed by atoms with Gasteiger partial charge in [-0.05, 0) is 30.7 Å². The summed E-state index contributed by atoms with van der Waals surface area (Å²) in [5.41, 5.74) is 1.86. The lowest BCUT2D eigenvalue weighted by atomic mass is 10.1. The number of aliphatic hydroxyl groups excluding tert-OH is 1. The Labute approximate surface area is 114 Å². The number of anilines is 1. The number of hydrogen-bond acceptors (Lipinski definition) is 4. The van der Waals surface area contributed by atoms with E-state index in [-0.39, 0.29) is 12.4 Å². The summed E-state index contributed by atoms with van der Waals surface area (Å²) in [5.74, 6) is -0.243. The van der Waals surface area contributed by atoms with E-state index in [4.69, 9.17) is 9.84 Å². The summed E-state index contributed by atoms with van der Waals surface area (Å²) in [6.45, 7) is 5.35. The first-order valence-electron chi connectivity index (χ1n) is 6.56. The van der Waals surface area contributed by atoms with Crippen molar-refractivity contribution in [2.45, 2.75) is 13.5 Å². The normalized spacial score (nSPS) is 10.7. The number of nitrogens with one attached hydrogen (secondary N) is 1. The van der Waals surface area contributed by atoms with Crippen LogP contribution < -0.4 is 10.2 Å². The molecule has 0 heterocycles. The van der Waals surface area contributed by atoms with E-state index in [9.17, 15) is 4.39 Å². The van der Waals surface area contributed by atoms with Gasteiger partial charge in [0.05, 0.1) is 13.2 Å². The zero-order chi connectivity index (χ0) is 14.1. The minimum atomic E-state index is -0.243. The lowest BCUT2D eigenvalue weighted by Gasteiger charge is -2.25. The molecule has 19 heavy (non-hydrogen) atoms. The molecule has 0 bridgehead atoms. The van der Waals surface area contributed by atoms with Crippen molar-refractivity contribution in [2.24, 2.45) is 0 Å². The number of aliphatic hydroxyl groups is 1. The molecule has 1 aromatic rings. The molecule has 5 heteroatoms. The Morgan fingerprint density at radius 2 is 2.21 bits per heavy atom. The van der Waals surface area contributed by atoms with Crippen LogP contribution in [0.15, 0.2) is 18.2 Å². The molecule has 0 spiro atoms. The predicted molar refractivity (Wildman–Crippen MR) is 75.0 cm³/mol. The van der Waals surface area contributed by atoms with Crippen LogP contribution in [-0.2, 0) is 11.3 Å². The molecule has 0 saturated carbocycles. The highest BCUT2D eigenvalue weighted by Gasteiger charge is 2.10. The zero-order valence-electron chi connectivity index (χ0n) is 11.7. The minimum absolute atomic E-state index is 0.0851. The van der Waals surface area contributed by atoms with Crippen molar-refractivity contribution in [3.05, 3.63) is 29.6 Å². The predicted octanol–water partition coefficient (Wildman–Crippen LogP) is 1.38. The largest absolute Gasteiger partial charge is 0.395 e. The Morgan fingerprint density at radius 1 is 1.42 bits per heavy atom. The fourth-order valence-corrected chi connectivity index (χ4v) is 1.97. The molecular weight excluding hydrogens is 247 g/mol. The van der Waals surface area contributed by atoms with Gasteiger partial charge in [-0.15, -0.1) is 0 Å². The van der Waals surface area contributed by atoms with Crippen LogP contribution in [0.25, 0.3) is 0 Å². The van der Waals surface area contributed by atoms with Crippen molar-refractivity contribution in [3.63, 3.8) is 0 Å². The van der Waals surface area contributed by atoms with Gasteiger partial charge in [-0.25, -0.2) is 4.39 Å². The molecule has 0 radical (unpaired) electrons. The summed E-state index contributed by atoms with van der Waals surface area (Å²) < 4.78 is 18.3. The summed E-state index contributed by atoms with van der Waals surface area (Å²) in [6.07, 6.45) is 0. The van der Waals surface area contributed by atoms with Crippen LogP contribution in [0.1, 0.15) is 12.5 Å². The SMILES string of the molecule is CCN(CCO)c1ccc(F)cc1CNCCOC. The highest BCUT2D eigenvalue weighted by Crippen LogP contribution is 2.21. The molecule has 0 unspecified atom stereocenters. The maximum atomic E-state index is 13.4. The fraction of sp³-hybridized carbons (Fsp3) is 0.571. The van der Waals surface area contributed by atoms with Crippen LogP contribution >= 0.6 is 0 Å². The number of ether oxygens (including phenoxy) is 1. The van der Waals surface area contributed by atoms with Crippen molar-refractivity contribution in [3.8, 4) is 0 Å². The molecule has 0 atom stereocenters. The van der Waals surface area contributed by atoms with Crippen molar-refractivity contribution >= 4 is 5.69 Å². The Balaban J connectivity index is 2.78. The molecule has 0 aliphatic rings. The van der Waals surface area contributed by atoms with Gasteiger partial charge >= 0.3 is 0 Å². The minimum Gasteiger partial charge on any atom is -0.395 e. The molecule has 0 aliphatic carbocycles. The van der Waals surface area contributed by atoms with Crippen LogP contribution in [0, 0.1) is 5.82 Å². The molecule has 0 saturated heterocycles. The summed E-state index contributed by atoms with van der Waals surface area (Å²) in [6, 6.07) is 4.75. The monoisotopic (exact) mass is 270 g/mol. The van der Waals surface area contributed by atoms with Gasteiger partial charge in [-0.2, -0.15) is 0 Å². The van der Waals surface area contributed by atoms with Crippen LogP contribution in [0.4, 0.5) is 10.1 Å². The smallest absolute Gasteiger partial charge is 0.123 e. The third kappa shape index (κ3) is 5.14. The van der Waals surface area contributed by atoms with E-state index in [1.165, 1.54) is 12.1 Å². The van der Waals surface area contributed by atoms with E-state index in [1.54, 1.807) is 13.2 Å². The molecule has 0 amide bonds. The molecule has 1 aromatic carbocycles. The molecule has 0 aromatic heterocycles. The fourth-order valence-electron chi connectivity index (χ4n) is 1.97. The first-order chi connectivity index (χ1) is 9.22. The Bertz CT molecular complexity index is 374. The highest BCUT2D eigenvalue weighted by atomic mass is 19.1. The average molecular weight is 270 g/mol. The van der Waals surface area contributed by atoms with E-state index >= 15 is 0 Å². The molecule has 0 aliphatic heterocycles. The van der Waals surface area contributed by atoms with Crippen LogP contribution in [-0.4, -0.2) is 45.1 Å². The van der Waals surface area contributed by atoms with Gasteiger partial charge in [0.25, 0.3) is 0 Å². The maximum Gasteiger partial charge on any atom is 0.123 e. The van der Waals surface area contributed by atoms with Gasteiger partial charge in [0.1, 0.15) is 5.82 Å². The molecular formula is C14H23FN2O2. The molecule has 4 nitrogen and oxygen atoms in total. The van der Waals surface area contributed by atoms with E-state index in [0.29, 0.717) is 19.7 Å². The summed E-state index contributed by atoms with van der Waals surface area (Å²) in [7, 11) is 1.65. The quantitative estimate of drug-likeness (QED) is 0.665. The van der Waals surface area contributed by atoms with Crippen LogP contribution in [0.5, 0.6) is 0 Å². The number of benzene rings is 1. The summed E-state index contributed by atoms with van der Waals surface area (Å²) in [4.78, 5) is 2.03. The average Bonchev–Trinajstić information content (AvgIpc) is 2.42. The van der Waals surface area contributed by atoms with Gasteiger partial charge < -0.3 is 20.1 Å². The van der Waals surface area contributed by atoms with Crippen molar-refractivity contribution in [1.82, 2.24) is 5.32 Å². The molecule has 0 fully saturated rings. The van der Waals surface area contributed by atoms with Crippen LogP contribution in [0.2, 0.25) is 0 Å². The van der Waals surface area contributed by atoms with Gasteiger partial charge in [0.15, 0.2) is 0 Å². The Morgan fingerprint density at radius 3 is 2.84 bits per heavy atom. The standard InChI is InChI=1S/C14H23FN2O2/c1-3-17(7-8-18)14-5-4-13(15)10-12(14)11-16-6-9-19-2/h4-5,10,16,18H,3,6-9,11H2,1-2H3. The summed E-state index contributed by atoms with van der Waals surface area (Å²) in [5, 5.41) is 12.3. The molecule has 108 valence electrons. The summed E-state index contributed by atoms with van der Waals surface area (Å²) >= 11 is 0. The van der Waals surface area contributed by atoms with Crippen LogP contribution in [0.3, 0.4) is 0 Å². The van der Waals surface area contributed by atoms with E-state index in [1.807, 2.05) is 11.8 Å². The second kappa shape index (κ2) is 8.85. The Kier molecular flexibility index (Phi) is 7.40. The van der Waals surface area contributed by atoms with Gasteiger partial charge in [0.2, 0.25) is 0 Å². The Hall–Kier alpha value is -1.17. The first-order valence-corrected chi connectivity index (χ1v) is 6.56. The number of rotatable bonds is 9. The lowest BCUT2D eigenvalue weighted by molar-refractivity contribution is 0.199.